The number of benzene rings is 1. The minimum atomic E-state index is -4.65. The van der Waals surface area contributed by atoms with Crippen molar-refractivity contribution >= 4 is 29.3 Å². The molecule has 0 atom stereocenters. The third-order valence-electron chi connectivity index (χ3n) is 4.48. The van der Waals surface area contributed by atoms with E-state index in [2.05, 4.69) is 15.3 Å². The van der Waals surface area contributed by atoms with Crippen LogP contribution in [-0.2, 0) is 23.9 Å². The Labute approximate surface area is 182 Å². The van der Waals surface area contributed by atoms with Crippen LogP contribution in [0.3, 0.4) is 0 Å². The Balaban J connectivity index is 1.85. The molecule has 1 aliphatic heterocycles. The molecule has 0 bridgehead atoms. The summed E-state index contributed by atoms with van der Waals surface area (Å²) in [6, 6.07) is 3.56. The van der Waals surface area contributed by atoms with E-state index in [1.807, 2.05) is 6.07 Å². The number of ether oxygens (including phenoxy) is 2. The lowest BCUT2D eigenvalue weighted by atomic mass is 9.98. The van der Waals surface area contributed by atoms with E-state index in [1.54, 1.807) is 31.7 Å². The van der Waals surface area contributed by atoms with Gasteiger partial charge in [-0.1, -0.05) is 11.6 Å². The molecular formula is C20H22ClF3N4O3. The fourth-order valence-corrected chi connectivity index (χ4v) is 3.30. The first-order chi connectivity index (χ1) is 14.4. The van der Waals surface area contributed by atoms with E-state index in [9.17, 15) is 18.0 Å². The van der Waals surface area contributed by atoms with Crippen LogP contribution in [0.15, 0.2) is 18.3 Å². The van der Waals surface area contributed by atoms with Gasteiger partial charge in [-0.15, -0.1) is 0 Å². The van der Waals surface area contributed by atoms with Gasteiger partial charge in [-0.25, -0.2) is 14.8 Å². The molecule has 31 heavy (non-hydrogen) atoms. The number of carbonyl (C=O) groups is 1. The number of fused-ring (bicyclic) bond motifs is 1. The number of methoxy groups -OCH3 is 1. The molecule has 3 rings (SSSR count). The van der Waals surface area contributed by atoms with E-state index in [1.165, 1.54) is 7.11 Å². The van der Waals surface area contributed by atoms with Crippen LogP contribution in [0.25, 0.3) is 0 Å². The number of hydrogen-bond donors (Lipinski definition) is 1. The Morgan fingerprint density at radius 3 is 2.52 bits per heavy atom. The van der Waals surface area contributed by atoms with Crippen LogP contribution < -0.4 is 10.1 Å². The zero-order valence-electron chi connectivity index (χ0n) is 17.4. The van der Waals surface area contributed by atoms with Crippen LogP contribution in [0, 0.1) is 0 Å². The Morgan fingerprint density at radius 2 is 1.94 bits per heavy atom. The molecule has 2 aromatic rings. The maximum Gasteiger partial charge on any atom is 0.420 e. The number of aromatic nitrogens is 2. The first-order valence-corrected chi connectivity index (χ1v) is 9.79. The van der Waals surface area contributed by atoms with Gasteiger partial charge >= 0.3 is 12.3 Å². The van der Waals surface area contributed by atoms with Crippen molar-refractivity contribution in [2.75, 3.05) is 19.0 Å². The zero-order chi connectivity index (χ0) is 23.0. The maximum atomic E-state index is 12.9. The summed E-state index contributed by atoms with van der Waals surface area (Å²) in [6.07, 6.45) is -3.84. The molecule has 1 aromatic heterocycles. The van der Waals surface area contributed by atoms with E-state index < -0.39 is 28.6 Å². The summed E-state index contributed by atoms with van der Waals surface area (Å²) < 4.78 is 49.4. The molecule has 0 unspecified atom stereocenters. The van der Waals surface area contributed by atoms with Crippen molar-refractivity contribution < 1.29 is 27.4 Å². The van der Waals surface area contributed by atoms with Gasteiger partial charge < -0.3 is 19.7 Å². The average Bonchev–Trinajstić information content (AvgIpc) is 2.64. The second-order valence-corrected chi connectivity index (χ2v) is 8.35. The van der Waals surface area contributed by atoms with E-state index in [-0.39, 0.29) is 5.95 Å². The first kappa shape index (κ1) is 22.9. The number of amides is 1. The smallest absolute Gasteiger partial charge is 0.420 e. The highest BCUT2D eigenvalue weighted by Crippen LogP contribution is 2.36. The summed E-state index contributed by atoms with van der Waals surface area (Å²) in [6.45, 7) is 6.20. The number of nitrogens with zero attached hydrogens (tertiary/aromatic N) is 3. The minimum absolute atomic E-state index is 0.115. The number of rotatable bonds is 3. The van der Waals surface area contributed by atoms with Crippen LogP contribution in [0.2, 0.25) is 5.15 Å². The molecule has 0 saturated heterocycles. The Morgan fingerprint density at radius 1 is 1.23 bits per heavy atom. The van der Waals surface area contributed by atoms with Gasteiger partial charge in [-0.05, 0) is 50.5 Å². The molecule has 0 aliphatic carbocycles. The number of alkyl halides is 3. The summed E-state index contributed by atoms with van der Waals surface area (Å²) in [5.74, 6) is 0.347. The molecule has 11 heteroatoms. The van der Waals surface area contributed by atoms with E-state index >= 15 is 0 Å². The second kappa shape index (κ2) is 8.41. The molecule has 7 nitrogen and oxygen atoms in total. The van der Waals surface area contributed by atoms with Gasteiger partial charge in [-0.3, -0.25) is 0 Å². The lowest BCUT2D eigenvalue weighted by molar-refractivity contribution is -0.137. The Kier molecular flexibility index (Phi) is 6.22. The average molecular weight is 459 g/mol. The predicted octanol–water partition coefficient (Wildman–Crippen LogP) is 5.19. The fraction of sp³-hybridized carbons (Fsp3) is 0.450. The van der Waals surface area contributed by atoms with Crippen LogP contribution in [0.1, 0.15) is 37.5 Å². The van der Waals surface area contributed by atoms with Crippen molar-refractivity contribution in [2.24, 2.45) is 0 Å². The lowest BCUT2D eigenvalue weighted by Crippen LogP contribution is -2.39. The largest absolute Gasteiger partial charge is 0.495 e. The molecule has 0 fully saturated rings. The second-order valence-electron chi connectivity index (χ2n) is 7.99. The van der Waals surface area contributed by atoms with Gasteiger partial charge in [0.15, 0.2) is 0 Å². The molecule has 1 amide bonds. The monoisotopic (exact) mass is 458 g/mol. The summed E-state index contributed by atoms with van der Waals surface area (Å²) >= 11 is 5.68. The Bertz CT molecular complexity index is 993. The topological polar surface area (TPSA) is 76.6 Å². The molecule has 1 aromatic carbocycles. The SMILES string of the molecule is COc1cc2c(cc1Nc1ncc(C(F)(F)F)c(Cl)n1)CN(C(=O)OC(C)(C)C)CC2. The van der Waals surface area contributed by atoms with Gasteiger partial charge in [0.1, 0.15) is 22.1 Å². The number of hydrogen-bond acceptors (Lipinski definition) is 6. The highest BCUT2D eigenvalue weighted by atomic mass is 35.5. The van der Waals surface area contributed by atoms with Crippen molar-refractivity contribution in [2.45, 2.75) is 45.5 Å². The van der Waals surface area contributed by atoms with Crippen LogP contribution in [-0.4, -0.2) is 40.2 Å². The summed E-state index contributed by atoms with van der Waals surface area (Å²) in [4.78, 5) is 21.4. The number of anilines is 2. The quantitative estimate of drug-likeness (QED) is 0.637. The molecule has 1 aliphatic rings. The molecule has 168 valence electrons. The molecule has 2 heterocycles. The molecular weight excluding hydrogens is 437 g/mol. The van der Waals surface area contributed by atoms with Gasteiger partial charge in [0.05, 0.1) is 12.8 Å². The van der Waals surface area contributed by atoms with E-state index in [0.717, 1.165) is 11.1 Å². The van der Waals surface area contributed by atoms with Gasteiger partial charge in [0.25, 0.3) is 0 Å². The van der Waals surface area contributed by atoms with Crippen LogP contribution in [0.5, 0.6) is 5.75 Å². The minimum Gasteiger partial charge on any atom is -0.495 e. The van der Waals surface area contributed by atoms with Crippen molar-refractivity contribution in [1.82, 2.24) is 14.9 Å². The highest BCUT2D eigenvalue weighted by molar-refractivity contribution is 6.30. The molecule has 1 N–H and O–H groups in total. The van der Waals surface area contributed by atoms with Crippen LogP contribution >= 0.6 is 11.6 Å². The van der Waals surface area contributed by atoms with Gasteiger partial charge in [-0.2, -0.15) is 13.2 Å². The zero-order valence-corrected chi connectivity index (χ0v) is 18.2. The normalized spacial score (nSPS) is 14.1. The van der Waals surface area contributed by atoms with Crippen molar-refractivity contribution in [3.05, 3.63) is 40.2 Å². The fourth-order valence-electron chi connectivity index (χ4n) is 3.07. The van der Waals surface area contributed by atoms with Crippen molar-refractivity contribution in [1.29, 1.82) is 0 Å². The van der Waals surface area contributed by atoms with Crippen molar-refractivity contribution in [3.8, 4) is 5.75 Å². The number of halogens is 4. The van der Waals surface area contributed by atoms with E-state index in [4.69, 9.17) is 21.1 Å². The predicted molar refractivity (Wildman–Crippen MR) is 109 cm³/mol. The summed E-state index contributed by atoms with van der Waals surface area (Å²) in [7, 11) is 1.48. The highest BCUT2D eigenvalue weighted by Gasteiger charge is 2.35. The Hall–Kier alpha value is -2.75. The summed E-state index contributed by atoms with van der Waals surface area (Å²) in [5.41, 5.74) is 0.545. The maximum absolute atomic E-state index is 12.9. The third-order valence-corrected chi connectivity index (χ3v) is 4.77. The third kappa shape index (κ3) is 5.49. The molecule has 0 radical (unpaired) electrons. The summed E-state index contributed by atoms with van der Waals surface area (Å²) in [5, 5.41) is 2.13. The van der Waals surface area contributed by atoms with E-state index in [0.29, 0.717) is 37.1 Å². The van der Waals surface area contributed by atoms with Gasteiger partial charge in [0, 0.05) is 19.3 Å². The first-order valence-electron chi connectivity index (χ1n) is 9.42. The lowest BCUT2D eigenvalue weighted by Gasteiger charge is -2.31. The van der Waals surface area contributed by atoms with Gasteiger partial charge in [0.2, 0.25) is 5.95 Å². The molecule has 0 saturated carbocycles. The molecule has 0 spiro atoms. The van der Waals surface area contributed by atoms with Crippen molar-refractivity contribution in [3.63, 3.8) is 0 Å². The number of nitrogens with one attached hydrogen (secondary N) is 1. The van der Waals surface area contributed by atoms with Crippen LogP contribution in [0.4, 0.5) is 29.6 Å². The number of carbonyl (C=O) groups excluding carboxylic acids is 1. The standard InChI is InChI=1S/C20H22ClF3N4O3/c1-19(2,3)31-18(29)28-6-5-11-8-15(30-4)14(7-12(11)10-28)26-17-25-9-13(16(21)27-17)20(22,23)24/h7-9H,5-6,10H2,1-4H3,(H,25,26,27).